The number of nitrogens with zero attached hydrogens (tertiary/aromatic N) is 2. The van der Waals surface area contributed by atoms with E-state index in [1.165, 1.54) is 0 Å². The van der Waals surface area contributed by atoms with Crippen molar-refractivity contribution >= 4 is 11.6 Å². The molecule has 0 bridgehead atoms. The number of ether oxygens (including phenoxy) is 3. The summed E-state index contributed by atoms with van der Waals surface area (Å²) >= 11 is 0. The van der Waals surface area contributed by atoms with Crippen LogP contribution in [0, 0.1) is 0 Å². The number of amides is 1. The minimum absolute atomic E-state index is 0.0359. The highest BCUT2D eigenvalue weighted by atomic mass is 16.5. The number of benzene rings is 2. The molecule has 0 fully saturated rings. The van der Waals surface area contributed by atoms with Crippen LogP contribution in [-0.2, 0) is 17.8 Å². The van der Waals surface area contributed by atoms with Crippen molar-refractivity contribution < 1.29 is 19.0 Å². The van der Waals surface area contributed by atoms with Gasteiger partial charge >= 0.3 is 0 Å². The van der Waals surface area contributed by atoms with Gasteiger partial charge in [0.25, 0.3) is 0 Å². The summed E-state index contributed by atoms with van der Waals surface area (Å²) < 4.78 is 15.9. The van der Waals surface area contributed by atoms with Crippen molar-refractivity contribution in [3.8, 4) is 17.2 Å². The van der Waals surface area contributed by atoms with Crippen molar-refractivity contribution in [3.05, 3.63) is 78.1 Å². The molecule has 0 N–H and O–H groups in total. The van der Waals surface area contributed by atoms with Gasteiger partial charge < -0.3 is 19.1 Å². The van der Waals surface area contributed by atoms with E-state index in [-0.39, 0.29) is 12.3 Å². The minimum atomic E-state index is -0.0359. The number of hydrogen-bond donors (Lipinski definition) is 0. The maximum atomic E-state index is 13.2. The maximum absolute atomic E-state index is 13.2. The summed E-state index contributed by atoms with van der Waals surface area (Å²) in [4.78, 5) is 19.1. The fourth-order valence-electron chi connectivity index (χ4n) is 3.02. The molecule has 2 aromatic carbocycles. The van der Waals surface area contributed by atoms with Crippen molar-refractivity contribution in [2.75, 3.05) is 26.2 Å². The van der Waals surface area contributed by atoms with Crippen molar-refractivity contribution in [3.63, 3.8) is 0 Å². The van der Waals surface area contributed by atoms with E-state index in [4.69, 9.17) is 14.2 Å². The van der Waals surface area contributed by atoms with Crippen LogP contribution in [0.5, 0.6) is 17.2 Å². The number of anilines is 1. The van der Waals surface area contributed by atoms with Gasteiger partial charge in [-0.2, -0.15) is 0 Å². The average Bonchev–Trinajstić information content (AvgIpc) is 2.78. The van der Waals surface area contributed by atoms with Crippen molar-refractivity contribution in [2.24, 2.45) is 0 Å². The van der Waals surface area contributed by atoms with Gasteiger partial charge in [0.05, 0.1) is 34.3 Å². The molecular formula is C23H24N2O4. The van der Waals surface area contributed by atoms with E-state index < -0.39 is 0 Å². The van der Waals surface area contributed by atoms with Crippen molar-refractivity contribution in [1.29, 1.82) is 0 Å². The molecule has 29 heavy (non-hydrogen) atoms. The second kappa shape index (κ2) is 9.59. The Morgan fingerprint density at radius 3 is 2.28 bits per heavy atom. The topological polar surface area (TPSA) is 60.9 Å². The summed E-state index contributed by atoms with van der Waals surface area (Å²) in [6, 6.07) is 16.8. The van der Waals surface area contributed by atoms with Crippen LogP contribution in [0.3, 0.4) is 0 Å². The lowest BCUT2D eigenvalue weighted by Gasteiger charge is -2.23. The van der Waals surface area contributed by atoms with Crippen molar-refractivity contribution in [2.45, 2.75) is 13.0 Å². The molecule has 0 aliphatic rings. The van der Waals surface area contributed by atoms with E-state index in [9.17, 15) is 4.79 Å². The summed E-state index contributed by atoms with van der Waals surface area (Å²) in [5.41, 5.74) is 2.58. The minimum Gasteiger partial charge on any atom is -0.497 e. The molecule has 0 unspecified atom stereocenters. The third-order valence-corrected chi connectivity index (χ3v) is 4.55. The molecule has 1 heterocycles. The molecule has 150 valence electrons. The monoisotopic (exact) mass is 392 g/mol. The largest absolute Gasteiger partial charge is 0.497 e. The fraction of sp³-hybridized carbons (Fsp3) is 0.217. The van der Waals surface area contributed by atoms with E-state index in [2.05, 4.69) is 4.98 Å². The summed E-state index contributed by atoms with van der Waals surface area (Å²) in [5, 5.41) is 0. The van der Waals surface area contributed by atoms with Crippen molar-refractivity contribution in [1.82, 2.24) is 4.98 Å². The molecular weight excluding hydrogens is 368 g/mol. The molecule has 0 spiro atoms. The molecule has 0 aliphatic heterocycles. The average molecular weight is 392 g/mol. The lowest BCUT2D eigenvalue weighted by Crippen LogP contribution is -2.31. The van der Waals surface area contributed by atoms with E-state index in [0.717, 1.165) is 22.6 Å². The second-order valence-electron chi connectivity index (χ2n) is 6.41. The van der Waals surface area contributed by atoms with Gasteiger partial charge in [-0.15, -0.1) is 0 Å². The van der Waals surface area contributed by atoms with Gasteiger partial charge in [0.1, 0.15) is 5.75 Å². The third-order valence-electron chi connectivity index (χ3n) is 4.55. The Morgan fingerprint density at radius 2 is 1.66 bits per heavy atom. The van der Waals surface area contributed by atoms with E-state index in [1.807, 2.05) is 48.5 Å². The zero-order chi connectivity index (χ0) is 20.6. The summed E-state index contributed by atoms with van der Waals surface area (Å²) in [5.74, 6) is 1.93. The van der Waals surface area contributed by atoms with Gasteiger partial charge in [0.15, 0.2) is 11.5 Å². The van der Waals surface area contributed by atoms with Crippen LogP contribution in [0.15, 0.2) is 67.0 Å². The molecule has 0 radical (unpaired) electrons. The normalized spacial score (nSPS) is 10.3. The molecule has 0 saturated carbocycles. The van der Waals surface area contributed by atoms with Crippen LogP contribution in [-0.4, -0.2) is 32.2 Å². The van der Waals surface area contributed by atoms with Crippen LogP contribution in [0.2, 0.25) is 0 Å². The van der Waals surface area contributed by atoms with E-state index in [1.54, 1.807) is 44.7 Å². The number of carbonyl (C=O) groups excluding carboxylic acids is 1. The van der Waals surface area contributed by atoms with Crippen LogP contribution >= 0.6 is 0 Å². The SMILES string of the molecule is COc1ccc(N(Cc2cccnc2)C(=O)Cc2ccc(OC)c(OC)c2)cc1. The standard InChI is InChI=1S/C23H24N2O4/c1-27-20-9-7-19(8-10-20)25(16-18-5-4-12-24-15-18)23(26)14-17-6-11-21(28-2)22(13-17)29-3/h4-13,15H,14,16H2,1-3H3. The molecule has 0 saturated heterocycles. The highest BCUT2D eigenvalue weighted by Crippen LogP contribution is 2.28. The predicted octanol–water partition coefficient (Wildman–Crippen LogP) is 3.88. The Kier molecular flexibility index (Phi) is 6.68. The molecule has 0 aliphatic carbocycles. The second-order valence-corrected chi connectivity index (χ2v) is 6.41. The van der Waals surface area contributed by atoms with E-state index >= 15 is 0 Å². The third kappa shape index (κ3) is 5.04. The first-order chi connectivity index (χ1) is 14.1. The van der Waals surface area contributed by atoms with Gasteiger partial charge in [-0.25, -0.2) is 0 Å². The first kappa shape index (κ1) is 20.2. The molecule has 6 heteroatoms. The molecule has 3 rings (SSSR count). The predicted molar refractivity (Wildman–Crippen MR) is 112 cm³/mol. The Bertz CT molecular complexity index is 943. The zero-order valence-electron chi connectivity index (χ0n) is 16.8. The van der Waals surface area contributed by atoms with Gasteiger partial charge in [-0.05, 0) is 53.6 Å². The van der Waals surface area contributed by atoms with E-state index in [0.29, 0.717) is 18.0 Å². The highest BCUT2D eigenvalue weighted by molar-refractivity contribution is 5.94. The smallest absolute Gasteiger partial charge is 0.231 e. The number of rotatable bonds is 8. The maximum Gasteiger partial charge on any atom is 0.231 e. The number of hydrogen-bond acceptors (Lipinski definition) is 5. The Morgan fingerprint density at radius 1 is 0.897 bits per heavy atom. The zero-order valence-corrected chi connectivity index (χ0v) is 16.8. The fourth-order valence-corrected chi connectivity index (χ4v) is 3.02. The summed E-state index contributed by atoms with van der Waals surface area (Å²) in [6.07, 6.45) is 3.71. The number of aromatic nitrogens is 1. The van der Waals surface area contributed by atoms with Gasteiger partial charge in [0.2, 0.25) is 5.91 Å². The molecule has 1 amide bonds. The Hall–Kier alpha value is -3.54. The molecule has 6 nitrogen and oxygen atoms in total. The van der Waals surface area contributed by atoms with Gasteiger partial charge in [0, 0.05) is 18.1 Å². The first-order valence-corrected chi connectivity index (χ1v) is 9.19. The number of pyridine rings is 1. The lowest BCUT2D eigenvalue weighted by atomic mass is 10.1. The lowest BCUT2D eigenvalue weighted by molar-refractivity contribution is -0.118. The highest BCUT2D eigenvalue weighted by Gasteiger charge is 2.18. The first-order valence-electron chi connectivity index (χ1n) is 9.19. The number of methoxy groups -OCH3 is 3. The molecule has 0 atom stereocenters. The quantitative estimate of drug-likeness (QED) is 0.582. The Labute approximate surface area is 170 Å². The number of carbonyl (C=O) groups is 1. The van der Waals surface area contributed by atoms with Gasteiger partial charge in [-0.3, -0.25) is 9.78 Å². The van der Waals surface area contributed by atoms with Gasteiger partial charge in [-0.1, -0.05) is 12.1 Å². The molecule has 3 aromatic rings. The Balaban J connectivity index is 1.87. The summed E-state index contributed by atoms with van der Waals surface area (Å²) in [6.45, 7) is 0.423. The molecule has 1 aromatic heterocycles. The van der Waals surface area contributed by atoms with Crippen LogP contribution in [0.1, 0.15) is 11.1 Å². The van der Waals surface area contributed by atoms with Crippen LogP contribution in [0.4, 0.5) is 5.69 Å². The van der Waals surface area contributed by atoms with Crippen LogP contribution < -0.4 is 19.1 Å². The van der Waals surface area contributed by atoms with Crippen LogP contribution in [0.25, 0.3) is 0 Å². The summed E-state index contributed by atoms with van der Waals surface area (Å²) in [7, 11) is 4.78.